The Labute approximate surface area is 184 Å². The number of hydrogen-bond donors (Lipinski definition) is 0. The second-order valence-electron chi connectivity index (χ2n) is 9.00. The zero-order valence-corrected chi connectivity index (χ0v) is 18.7. The number of aryl methyl sites for hydroxylation is 3. The molecule has 1 aromatic carbocycles. The van der Waals surface area contributed by atoms with Gasteiger partial charge in [0.25, 0.3) is 5.91 Å². The molecule has 1 amide bonds. The second kappa shape index (κ2) is 9.86. The molecule has 0 atom stereocenters. The molecule has 0 N–H and O–H groups in total. The highest BCUT2D eigenvalue weighted by Gasteiger charge is 2.29. The fourth-order valence-electron chi connectivity index (χ4n) is 4.88. The SMILES string of the molecule is Cc1ccc(CCc2ncnc(C(=O)N3CCC(N4CCCCC4)CC3)c2C)cc1F. The van der Waals surface area contributed by atoms with Crippen molar-refractivity contribution in [1.82, 2.24) is 19.8 Å². The van der Waals surface area contributed by atoms with Gasteiger partial charge in [-0.25, -0.2) is 14.4 Å². The van der Waals surface area contributed by atoms with Gasteiger partial charge >= 0.3 is 0 Å². The molecular formula is C25H33FN4O. The lowest BCUT2D eigenvalue weighted by Gasteiger charge is -2.40. The monoisotopic (exact) mass is 424 g/mol. The van der Waals surface area contributed by atoms with Gasteiger partial charge in [-0.3, -0.25) is 4.79 Å². The molecular weight excluding hydrogens is 391 g/mol. The molecule has 6 heteroatoms. The van der Waals surface area contributed by atoms with E-state index in [2.05, 4.69) is 14.9 Å². The summed E-state index contributed by atoms with van der Waals surface area (Å²) in [5.41, 5.74) is 3.81. The van der Waals surface area contributed by atoms with Crippen molar-refractivity contribution in [3.8, 4) is 0 Å². The van der Waals surface area contributed by atoms with Crippen molar-refractivity contribution in [3.05, 3.63) is 58.4 Å². The first-order chi connectivity index (χ1) is 15.0. The molecule has 0 aliphatic carbocycles. The van der Waals surface area contributed by atoms with Crippen LogP contribution in [0.1, 0.15) is 65.0 Å². The van der Waals surface area contributed by atoms with Crippen LogP contribution < -0.4 is 0 Å². The maximum atomic E-state index is 13.8. The minimum absolute atomic E-state index is 0.0135. The highest BCUT2D eigenvalue weighted by atomic mass is 19.1. The molecule has 166 valence electrons. The molecule has 5 nitrogen and oxygen atoms in total. The van der Waals surface area contributed by atoms with E-state index < -0.39 is 0 Å². The van der Waals surface area contributed by atoms with Crippen LogP contribution in [-0.4, -0.2) is 57.9 Å². The minimum Gasteiger partial charge on any atom is -0.337 e. The van der Waals surface area contributed by atoms with Crippen LogP contribution >= 0.6 is 0 Å². The Bertz CT molecular complexity index is 918. The van der Waals surface area contributed by atoms with Gasteiger partial charge in [0, 0.05) is 30.4 Å². The summed E-state index contributed by atoms with van der Waals surface area (Å²) in [4.78, 5) is 26.5. The first-order valence-corrected chi connectivity index (χ1v) is 11.6. The topological polar surface area (TPSA) is 49.3 Å². The number of halogens is 1. The summed E-state index contributed by atoms with van der Waals surface area (Å²) in [5.74, 6) is -0.166. The van der Waals surface area contributed by atoms with E-state index in [0.29, 0.717) is 30.1 Å². The zero-order chi connectivity index (χ0) is 21.8. The van der Waals surface area contributed by atoms with Crippen molar-refractivity contribution in [2.75, 3.05) is 26.2 Å². The summed E-state index contributed by atoms with van der Waals surface area (Å²) in [7, 11) is 0. The van der Waals surface area contributed by atoms with Crippen molar-refractivity contribution in [2.24, 2.45) is 0 Å². The molecule has 3 heterocycles. The molecule has 0 radical (unpaired) electrons. The number of rotatable bonds is 5. The van der Waals surface area contributed by atoms with Crippen LogP contribution in [0.25, 0.3) is 0 Å². The summed E-state index contributed by atoms with van der Waals surface area (Å²) >= 11 is 0. The molecule has 31 heavy (non-hydrogen) atoms. The first kappa shape index (κ1) is 21.9. The number of carbonyl (C=O) groups excluding carboxylic acids is 1. The Hall–Kier alpha value is -2.34. The normalized spacial score (nSPS) is 18.4. The molecule has 2 aliphatic rings. The maximum absolute atomic E-state index is 13.8. The molecule has 2 fully saturated rings. The quantitative estimate of drug-likeness (QED) is 0.725. The van der Waals surface area contributed by atoms with Gasteiger partial charge in [0.1, 0.15) is 17.8 Å². The average molecular weight is 425 g/mol. The Morgan fingerprint density at radius 1 is 1.03 bits per heavy atom. The van der Waals surface area contributed by atoms with E-state index in [1.54, 1.807) is 19.1 Å². The van der Waals surface area contributed by atoms with Crippen LogP contribution in [0.5, 0.6) is 0 Å². The van der Waals surface area contributed by atoms with Crippen LogP contribution in [-0.2, 0) is 12.8 Å². The summed E-state index contributed by atoms with van der Waals surface area (Å²) in [6.45, 7) is 7.69. The molecule has 2 aromatic rings. The summed E-state index contributed by atoms with van der Waals surface area (Å²) < 4.78 is 13.8. The number of nitrogens with zero attached hydrogens (tertiary/aromatic N) is 4. The third kappa shape index (κ3) is 5.12. The molecule has 2 aliphatic heterocycles. The number of aromatic nitrogens is 2. The van der Waals surface area contributed by atoms with E-state index in [9.17, 15) is 9.18 Å². The highest BCUT2D eigenvalue weighted by Crippen LogP contribution is 2.23. The smallest absolute Gasteiger partial charge is 0.272 e. The molecule has 1 aromatic heterocycles. The Kier molecular flexibility index (Phi) is 6.96. The number of likely N-dealkylation sites (tertiary alicyclic amines) is 2. The van der Waals surface area contributed by atoms with Crippen molar-refractivity contribution in [3.63, 3.8) is 0 Å². The van der Waals surface area contributed by atoms with E-state index in [1.807, 2.05) is 17.9 Å². The van der Waals surface area contributed by atoms with Gasteiger partial charge in [-0.2, -0.15) is 0 Å². The molecule has 0 unspecified atom stereocenters. The van der Waals surface area contributed by atoms with Crippen molar-refractivity contribution in [2.45, 2.75) is 64.8 Å². The lowest BCUT2D eigenvalue weighted by atomic mass is 9.99. The number of piperidine rings is 2. The number of amides is 1. The second-order valence-corrected chi connectivity index (χ2v) is 9.00. The minimum atomic E-state index is -0.180. The van der Waals surface area contributed by atoms with Crippen LogP contribution in [0.15, 0.2) is 24.5 Å². The van der Waals surface area contributed by atoms with Crippen molar-refractivity contribution in [1.29, 1.82) is 0 Å². The summed E-state index contributed by atoms with van der Waals surface area (Å²) in [6.07, 6.45) is 8.88. The predicted octanol–water partition coefficient (Wildman–Crippen LogP) is 4.11. The van der Waals surface area contributed by atoms with Gasteiger partial charge in [-0.15, -0.1) is 0 Å². The van der Waals surface area contributed by atoms with Gasteiger partial charge in [-0.05, 0) is 82.7 Å². The van der Waals surface area contributed by atoms with Gasteiger partial charge in [0.05, 0.1) is 0 Å². The maximum Gasteiger partial charge on any atom is 0.272 e. The molecule has 0 spiro atoms. The fourth-order valence-corrected chi connectivity index (χ4v) is 4.88. The van der Waals surface area contributed by atoms with E-state index >= 15 is 0 Å². The van der Waals surface area contributed by atoms with Crippen molar-refractivity contribution < 1.29 is 9.18 Å². The summed E-state index contributed by atoms with van der Waals surface area (Å²) in [5, 5.41) is 0. The third-order valence-electron chi connectivity index (χ3n) is 6.94. The van der Waals surface area contributed by atoms with Crippen molar-refractivity contribution >= 4 is 5.91 Å². The van der Waals surface area contributed by atoms with E-state index in [4.69, 9.17) is 0 Å². The number of hydrogen-bond acceptors (Lipinski definition) is 4. The van der Waals surface area contributed by atoms with E-state index in [0.717, 1.165) is 42.8 Å². The lowest BCUT2D eigenvalue weighted by Crippen LogP contribution is -2.48. The van der Waals surface area contributed by atoms with Gasteiger partial charge in [0.2, 0.25) is 0 Å². The predicted molar refractivity (Wildman–Crippen MR) is 120 cm³/mol. The fraction of sp³-hybridized carbons (Fsp3) is 0.560. The van der Waals surface area contributed by atoms with Crippen LogP contribution in [0, 0.1) is 19.7 Å². The Morgan fingerprint density at radius 2 is 1.77 bits per heavy atom. The molecule has 0 bridgehead atoms. The first-order valence-electron chi connectivity index (χ1n) is 11.6. The Balaban J connectivity index is 1.38. The lowest BCUT2D eigenvalue weighted by molar-refractivity contribution is 0.0583. The Morgan fingerprint density at radius 3 is 2.48 bits per heavy atom. The van der Waals surface area contributed by atoms with Gasteiger partial charge < -0.3 is 9.80 Å². The number of carbonyl (C=O) groups is 1. The highest BCUT2D eigenvalue weighted by molar-refractivity contribution is 5.93. The van der Waals surface area contributed by atoms with Gasteiger partial charge in [-0.1, -0.05) is 18.6 Å². The van der Waals surface area contributed by atoms with Crippen LogP contribution in [0.4, 0.5) is 4.39 Å². The molecule has 4 rings (SSSR count). The summed E-state index contributed by atoms with van der Waals surface area (Å²) in [6, 6.07) is 5.96. The van der Waals surface area contributed by atoms with E-state index in [1.165, 1.54) is 38.7 Å². The van der Waals surface area contributed by atoms with E-state index in [-0.39, 0.29) is 11.7 Å². The zero-order valence-electron chi connectivity index (χ0n) is 18.7. The molecule has 0 saturated carbocycles. The largest absolute Gasteiger partial charge is 0.337 e. The van der Waals surface area contributed by atoms with Crippen LogP contribution in [0.3, 0.4) is 0 Å². The van der Waals surface area contributed by atoms with Gasteiger partial charge in [0.15, 0.2) is 0 Å². The number of benzene rings is 1. The average Bonchev–Trinajstić information content (AvgIpc) is 2.81. The van der Waals surface area contributed by atoms with Crippen LogP contribution in [0.2, 0.25) is 0 Å². The molecule has 2 saturated heterocycles. The third-order valence-corrected chi connectivity index (χ3v) is 6.94. The standard InChI is InChI=1S/C25H33FN4O/c1-18-6-7-20(16-22(18)26)8-9-23-19(2)24(28-17-27-23)25(31)30-14-10-21(11-15-30)29-12-4-3-5-13-29/h6-7,16-17,21H,3-5,8-15H2,1-2H3.